The third-order valence-corrected chi connectivity index (χ3v) is 4.79. The molecule has 0 aliphatic heterocycles. The maximum Gasteiger partial charge on any atom is 0.216 e. The molecule has 3 nitrogen and oxygen atoms in total. The first-order valence-corrected chi connectivity index (χ1v) is 9.20. The van der Waals surface area contributed by atoms with E-state index < -0.39 is 10.0 Å². The molecule has 0 amide bonds. The van der Waals surface area contributed by atoms with E-state index in [2.05, 4.69) is 18.6 Å². The van der Waals surface area contributed by atoms with Gasteiger partial charge in [0, 0.05) is 6.04 Å². The molecule has 118 valence electrons. The summed E-state index contributed by atoms with van der Waals surface area (Å²) in [5, 5.41) is 0. The van der Waals surface area contributed by atoms with Gasteiger partial charge in [0.25, 0.3) is 0 Å². The Balaban J connectivity index is 2.15. The van der Waals surface area contributed by atoms with Gasteiger partial charge < -0.3 is 0 Å². The molecule has 2 aromatic rings. The zero-order chi connectivity index (χ0) is 16.0. The standard InChI is InChI=1S/C18H23NO2S/c1-15(2)13-18(17-11-7-4-8-12-17)19-22(20,21)14-16-9-5-3-6-10-16/h3-12,15,18-19H,13-14H2,1-2H3/t18-/m0/s1. The summed E-state index contributed by atoms with van der Waals surface area (Å²) in [6.07, 6.45) is 0.776. The fourth-order valence-electron chi connectivity index (χ4n) is 2.46. The molecule has 0 fully saturated rings. The van der Waals surface area contributed by atoms with Gasteiger partial charge in [-0.1, -0.05) is 74.5 Å². The van der Waals surface area contributed by atoms with Crippen molar-refractivity contribution in [2.75, 3.05) is 0 Å². The number of hydrogen-bond acceptors (Lipinski definition) is 2. The highest BCUT2D eigenvalue weighted by Gasteiger charge is 2.20. The average molecular weight is 317 g/mol. The first-order valence-electron chi connectivity index (χ1n) is 7.55. The third kappa shape index (κ3) is 5.28. The zero-order valence-electron chi connectivity index (χ0n) is 13.1. The molecule has 0 aromatic heterocycles. The van der Waals surface area contributed by atoms with Crippen molar-refractivity contribution in [1.82, 2.24) is 4.72 Å². The Kier molecular flexibility index (Phi) is 5.75. The second-order valence-electron chi connectivity index (χ2n) is 5.96. The highest BCUT2D eigenvalue weighted by atomic mass is 32.2. The molecule has 0 heterocycles. The monoisotopic (exact) mass is 317 g/mol. The van der Waals surface area contributed by atoms with Crippen molar-refractivity contribution in [3.05, 3.63) is 71.8 Å². The zero-order valence-corrected chi connectivity index (χ0v) is 13.9. The van der Waals surface area contributed by atoms with Crippen molar-refractivity contribution in [2.45, 2.75) is 32.1 Å². The summed E-state index contributed by atoms with van der Waals surface area (Å²) in [4.78, 5) is 0. The Morgan fingerprint density at radius 2 is 1.45 bits per heavy atom. The second-order valence-corrected chi connectivity index (χ2v) is 7.71. The van der Waals surface area contributed by atoms with Crippen LogP contribution in [0.25, 0.3) is 0 Å². The van der Waals surface area contributed by atoms with Gasteiger partial charge >= 0.3 is 0 Å². The minimum absolute atomic E-state index is 0.00920. The molecule has 2 aromatic carbocycles. The minimum atomic E-state index is -3.38. The van der Waals surface area contributed by atoms with Gasteiger partial charge in [0.2, 0.25) is 10.0 Å². The van der Waals surface area contributed by atoms with Crippen molar-refractivity contribution < 1.29 is 8.42 Å². The maximum atomic E-state index is 12.5. The summed E-state index contributed by atoms with van der Waals surface area (Å²) >= 11 is 0. The number of nitrogens with one attached hydrogen (secondary N) is 1. The summed E-state index contributed by atoms with van der Waals surface area (Å²) < 4.78 is 27.8. The Bertz CT molecular complexity index is 667. The Labute approximate surface area is 133 Å². The molecule has 0 radical (unpaired) electrons. The molecular weight excluding hydrogens is 294 g/mol. The molecule has 4 heteroatoms. The lowest BCUT2D eigenvalue weighted by Gasteiger charge is -2.21. The minimum Gasteiger partial charge on any atom is -0.212 e. The van der Waals surface area contributed by atoms with E-state index in [1.807, 2.05) is 60.7 Å². The molecule has 0 saturated heterocycles. The Morgan fingerprint density at radius 3 is 2.00 bits per heavy atom. The van der Waals surface area contributed by atoms with E-state index in [-0.39, 0.29) is 11.8 Å². The normalized spacial score (nSPS) is 13.2. The summed E-state index contributed by atoms with van der Waals surface area (Å²) in [5.41, 5.74) is 1.80. The predicted molar refractivity (Wildman–Crippen MR) is 90.8 cm³/mol. The van der Waals surface area contributed by atoms with E-state index in [1.54, 1.807) is 0 Å². The molecule has 0 spiro atoms. The van der Waals surface area contributed by atoms with Crippen LogP contribution in [0.2, 0.25) is 0 Å². The fourth-order valence-corrected chi connectivity index (χ4v) is 3.84. The van der Waals surface area contributed by atoms with Crippen molar-refractivity contribution in [2.24, 2.45) is 5.92 Å². The van der Waals surface area contributed by atoms with Crippen LogP contribution < -0.4 is 4.72 Å². The first-order chi connectivity index (χ1) is 10.5. The SMILES string of the molecule is CC(C)C[C@H](NS(=O)(=O)Cc1ccccc1)c1ccccc1. The van der Waals surface area contributed by atoms with E-state index in [9.17, 15) is 8.42 Å². The lowest BCUT2D eigenvalue weighted by molar-refractivity contribution is 0.472. The van der Waals surface area contributed by atoms with Crippen molar-refractivity contribution in [3.63, 3.8) is 0 Å². The molecule has 0 saturated carbocycles. The fraction of sp³-hybridized carbons (Fsp3) is 0.333. The van der Waals surface area contributed by atoms with Crippen LogP contribution in [0.5, 0.6) is 0 Å². The lowest BCUT2D eigenvalue weighted by atomic mass is 9.98. The number of rotatable bonds is 7. The summed E-state index contributed by atoms with van der Waals surface area (Å²) in [5.74, 6) is 0.416. The third-order valence-electron chi connectivity index (χ3n) is 3.43. The van der Waals surface area contributed by atoms with Gasteiger partial charge in [-0.3, -0.25) is 0 Å². The van der Waals surface area contributed by atoms with Crippen LogP contribution in [-0.4, -0.2) is 8.42 Å². The molecule has 22 heavy (non-hydrogen) atoms. The van der Waals surface area contributed by atoms with Gasteiger partial charge in [-0.25, -0.2) is 13.1 Å². The summed E-state index contributed by atoms with van der Waals surface area (Å²) in [6, 6.07) is 18.8. The van der Waals surface area contributed by atoms with Gasteiger partial charge in [-0.2, -0.15) is 0 Å². The molecule has 0 bridgehead atoms. The first kappa shape index (κ1) is 16.7. The Morgan fingerprint density at radius 1 is 0.909 bits per heavy atom. The summed E-state index contributed by atoms with van der Waals surface area (Å²) in [6.45, 7) is 4.20. The quantitative estimate of drug-likeness (QED) is 0.842. The van der Waals surface area contributed by atoms with E-state index in [0.29, 0.717) is 5.92 Å². The van der Waals surface area contributed by atoms with Crippen LogP contribution in [0.4, 0.5) is 0 Å². The lowest BCUT2D eigenvalue weighted by Crippen LogP contribution is -2.30. The molecule has 2 rings (SSSR count). The highest BCUT2D eigenvalue weighted by molar-refractivity contribution is 7.88. The van der Waals surface area contributed by atoms with Gasteiger partial charge in [-0.05, 0) is 23.5 Å². The van der Waals surface area contributed by atoms with Crippen molar-refractivity contribution in [3.8, 4) is 0 Å². The number of sulfonamides is 1. The van der Waals surface area contributed by atoms with Crippen molar-refractivity contribution >= 4 is 10.0 Å². The molecule has 0 aliphatic rings. The van der Waals surface area contributed by atoms with Crippen LogP contribution in [0.3, 0.4) is 0 Å². The Hall–Kier alpha value is -1.65. The maximum absolute atomic E-state index is 12.5. The molecule has 1 atom stereocenters. The van der Waals surface area contributed by atoms with E-state index >= 15 is 0 Å². The second kappa shape index (κ2) is 7.56. The summed E-state index contributed by atoms with van der Waals surface area (Å²) in [7, 11) is -3.38. The topological polar surface area (TPSA) is 46.2 Å². The van der Waals surface area contributed by atoms with Crippen LogP contribution in [-0.2, 0) is 15.8 Å². The van der Waals surface area contributed by atoms with Gasteiger partial charge in [-0.15, -0.1) is 0 Å². The van der Waals surface area contributed by atoms with E-state index in [4.69, 9.17) is 0 Å². The smallest absolute Gasteiger partial charge is 0.212 e. The predicted octanol–water partition coefficient (Wildman–Crippen LogP) is 3.89. The van der Waals surface area contributed by atoms with Crippen LogP contribution in [0, 0.1) is 5.92 Å². The molecule has 0 aliphatic carbocycles. The van der Waals surface area contributed by atoms with Crippen LogP contribution in [0.1, 0.15) is 37.4 Å². The molecule has 0 unspecified atom stereocenters. The van der Waals surface area contributed by atoms with E-state index in [1.165, 1.54) is 0 Å². The van der Waals surface area contributed by atoms with E-state index in [0.717, 1.165) is 17.5 Å². The van der Waals surface area contributed by atoms with Crippen molar-refractivity contribution in [1.29, 1.82) is 0 Å². The highest BCUT2D eigenvalue weighted by Crippen LogP contribution is 2.22. The largest absolute Gasteiger partial charge is 0.216 e. The molecular formula is C18H23NO2S. The van der Waals surface area contributed by atoms with Crippen LogP contribution >= 0.6 is 0 Å². The number of benzene rings is 2. The van der Waals surface area contributed by atoms with Gasteiger partial charge in [0.15, 0.2) is 0 Å². The average Bonchev–Trinajstić information content (AvgIpc) is 2.47. The molecule has 1 N–H and O–H groups in total. The van der Waals surface area contributed by atoms with Gasteiger partial charge in [0.1, 0.15) is 0 Å². The van der Waals surface area contributed by atoms with Gasteiger partial charge in [0.05, 0.1) is 5.75 Å². The van der Waals surface area contributed by atoms with Crippen LogP contribution in [0.15, 0.2) is 60.7 Å². The number of hydrogen-bond donors (Lipinski definition) is 1.